The minimum absolute atomic E-state index is 0.0416. The van der Waals surface area contributed by atoms with Gasteiger partial charge in [0, 0.05) is 24.5 Å². The summed E-state index contributed by atoms with van der Waals surface area (Å²) in [5.74, 6) is 0.0880. The summed E-state index contributed by atoms with van der Waals surface area (Å²) in [5, 5.41) is 3.91. The summed E-state index contributed by atoms with van der Waals surface area (Å²) in [7, 11) is -0.568. The van der Waals surface area contributed by atoms with E-state index in [0.717, 1.165) is 35.4 Å². The Hall–Kier alpha value is -3.96. The molecule has 0 saturated carbocycles. The van der Waals surface area contributed by atoms with Crippen molar-refractivity contribution in [2.45, 2.75) is 83.5 Å². The maximum atomic E-state index is 15.9. The van der Waals surface area contributed by atoms with Gasteiger partial charge in [0.1, 0.15) is 17.4 Å². The lowest BCUT2D eigenvalue weighted by Gasteiger charge is -2.36. The van der Waals surface area contributed by atoms with Crippen molar-refractivity contribution < 1.29 is 31.5 Å². The quantitative estimate of drug-likeness (QED) is 0.141. The summed E-state index contributed by atoms with van der Waals surface area (Å²) in [6, 6.07) is 16.8. The minimum Gasteiger partial charge on any atom is -0.497 e. The number of piperidine rings is 1. The lowest BCUT2D eigenvalue weighted by atomic mass is 9.93. The van der Waals surface area contributed by atoms with Gasteiger partial charge >= 0.3 is 6.18 Å². The molecule has 1 unspecified atom stereocenters. The number of carbonyl (C=O) groups excluding carboxylic acids is 1. The molecule has 1 amide bonds. The molecule has 0 aliphatic carbocycles. The molecule has 1 saturated heterocycles. The van der Waals surface area contributed by atoms with Gasteiger partial charge in [-0.25, -0.2) is 9.37 Å². The Labute approximate surface area is 280 Å². The Balaban J connectivity index is 1.49. The van der Waals surface area contributed by atoms with E-state index in [1.54, 1.807) is 18.1 Å². The normalized spacial score (nSPS) is 15.9. The fourth-order valence-electron chi connectivity index (χ4n) is 5.67. The molecule has 6 nitrogen and oxygen atoms in total. The van der Waals surface area contributed by atoms with Gasteiger partial charge in [-0.2, -0.15) is 13.2 Å². The molecule has 0 bridgehead atoms. The number of likely N-dealkylation sites (tertiary alicyclic amines) is 1. The predicted molar refractivity (Wildman–Crippen MR) is 183 cm³/mol. The fraction of sp³-hybridized carbons (Fsp3) is 0.405. The van der Waals surface area contributed by atoms with Gasteiger partial charge in [-0.05, 0) is 90.5 Å². The van der Waals surface area contributed by atoms with Crippen LogP contribution in [-0.2, 0) is 23.8 Å². The molecule has 256 valence electrons. The van der Waals surface area contributed by atoms with Gasteiger partial charge in [0.05, 0.1) is 36.4 Å². The van der Waals surface area contributed by atoms with E-state index in [4.69, 9.17) is 14.1 Å². The number of pyridine rings is 1. The molecule has 48 heavy (non-hydrogen) atoms. The molecule has 0 spiro atoms. The van der Waals surface area contributed by atoms with Crippen LogP contribution in [0.3, 0.4) is 0 Å². The highest BCUT2D eigenvalue weighted by Crippen LogP contribution is 2.39. The first kappa shape index (κ1) is 35.3. The second kappa shape index (κ2) is 13.9. The van der Waals surface area contributed by atoms with Crippen LogP contribution in [0.1, 0.15) is 78.7 Å². The average Bonchev–Trinajstić information content (AvgIpc) is 3.05. The van der Waals surface area contributed by atoms with E-state index in [2.05, 4.69) is 39.2 Å². The third kappa shape index (κ3) is 7.84. The molecule has 2 heterocycles. The number of ether oxygens (including phenoxy) is 1. The lowest BCUT2D eigenvalue weighted by Crippen LogP contribution is -2.40. The number of methoxy groups -OCH3 is 1. The summed E-state index contributed by atoms with van der Waals surface area (Å²) in [4.78, 5) is 20.3. The fourth-order valence-corrected chi connectivity index (χ4v) is 6.62. The van der Waals surface area contributed by atoms with E-state index >= 15 is 4.39 Å². The first-order valence-corrected chi connectivity index (χ1v) is 19.1. The summed E-state index contributed by atoms with van der Waals surface area (Å²) in [5.41, 5.74) is 1.90. The maximum Gasteiger partial charge on any atom is 0.416 e. The Morgan fingerprint density at radius 3 is 2.31 bits per heavy atom. The number of fused-ring (bicyclic) bond motifs is 1. The molecule has 1 N–H and O–H groups in total. The number of rotatable bonds is 9. The third-order valence-electron chi connectivity index (χ3n) is 9.63. The van der Waals surface area contributed by atoms with Crippen LogP contribution in [-0.4, -0.2) is 37.8 Å². The SMILES string of the molecule is COc1ccc(CNc2cc(CO[Si](C)(C)C(C)(C)C)c3cc(C(=O)N4CCCCC4c4ccc(C(F)(F)F)cc4)c(F)cc3n2)cc1. The molecule has 1 aromatic heterocycles. The Morgan fingerprint density at radius 1 is 1.00 bits per heavy atom. The van der Waals surface area contributed by atoms with Gasteiger partial charge in [-0.3, -0.25) is 4.79 Å². The van der Waals surface area contributed by atoms with Crippen LogP contribution in [0, 0.1) is 5.82 Å². The van der Waals surface area contributed by atoms with Crippen molar-refractivity contribution in [3.8, 4) is 5.75 Å². The monoisotopic (exact) mass is 681 g/mol. The molecule has 1 atom stereocenters. The summed E-state index contributed by atoms with van der Waals surface area (Å²) in [6.45, 7) is 11.9. The van der Waals surface area contributed by atoms with Gasteiger partial charge in [0.2, 0.25) is 0 Å². The zero-order valence-electron chi connectivity index (χ0n) is 28.3. The zero-order valence-corrected chi connectivity index (χ0v) is 29.3. The van der Waals surface area contributed by atoms with E-state index in [1.165, 1.54) is 18.2 Å². The molecule has 11 heteroatoms. The Bertz CT molecular complexity index is 1750. The van der Waals surface area contributed by atoms with Crippen LogP contribution in [0.4, 0.5) is 23.4 Å². The zero-order chi connectivity index (χ0) is 34.9. The summed E-state index contributed by atoms with van der Waals surface area (Å²) >= 11 is 0. The number of nitrogens with zero attached hydrogens (tertiary/aromatic N) is 2. The van der Waals surface area contributed by atoms with Gasteiger partial charge in [0.25, 0.3) is 5.91 Å². The topological polar surface area (TPSA) is 63.7 Å². The predicted octanol–water partition coefficient (Wildman–Crippen LogP) is 9.90. The van der Waals surface area contributed by atoms with Crippen molar-refractivity contribution >= 4 is 30.9 Å². The van der Waals surface area contributed by atoms with Crippen molar-refractivity contribution in [1.29, 1.82) is 0 Å². The van der Waals surface area contributed by atoms with Crippen LogP contribution in [0.25, 0.3) is 10.9 Å². The lowest BCUT2D eigenvalue weighted by molar-refractivity contribution is -0.137. The number of alkyl halides is 3. The van der Waals surface area contributed by atoms with E-state index in [1.807, 2.05) is 30.3 Å². The molecule has 4 aromatic rings. The molecule has 1 fully saturated rings. The molecular formula is C37H43F4N3O3Si. The molecular weight excluding hydrogens is 639 g/mol. The van der Waals surface area contributed by atoms with Gasteiger partial charge in [-0.15, -0.1) is 0 Å². The molecule has 0 radical (unpaired) electrons. The van der Waals surface area contributed by atoms with E-state index in [-0.39, 0.29) is 17.2 Å². The number of hydrogen-bond donors (Lipinski definition) is 1. The molecule has 3 aromatic carbocycles. The van der Waals surface area contributed by atoms with Gasteiger partial charge in [0.15, 0.2) is 8.32 Å². The number of amides is 1. The second-order valence-electron chi connectivity index (χ2n) is 13.9. The van der Waals surface area contributed by atoms with E-state index in [9.17, 15) is 18.0 Å². The molecule has 5 rings (SSSR count). The number of benzene rings is 3. The van der Waals surface area contributed by atoms with E-state index < -0.39 is 37.8 Å². The van der Waals surface area contributed by atoms with Crippen molar-refractivity contribution in [2.75, 3.05) is 19.0 Å². The number of carbonyl (C=O) groups is 1. The van der Waals surface area contributed by atoms with Crippen molar-refractivity contribution in [2.24, 2.45) is 0 Å². The van der Waals surface area contributed by atoms with Crippen LogP contribution in [0.2, 0.25) is 18.1 Å². The largest absolute Gasteiger partial charge is 0.497 e. The maximum absolute atomic E-state index is 15.9. The third-order valence-corrected chi connectivity index (χ3v) is 14.1. The highest BCUT2D eigenvalue weighted by Gasteiger charge is 2.37. The smallest absolute Gasteiger partial charge is 0.416 e. The number of aromatic nitrogens is 1. The van der Waals surface area contributed by atoms with Gasteiger partial charge in [-0.1, -0.05) is 45.0 Å². The molecule has 1 aliphatic heterocycles. The number of halogens is 4. The standard InChI is InChI=1S/C37H43F4N3O3Si/c1-36(2,3)48(5,6)47-23-26-19-34(42-22-24-10-16-28(46-4)17-11-24)43-32-21-31(38)30(20-29(26)32)35(45)44-18-8-7-9-33(44)25-12-14-27(15-13-25)37(39,40)41/h10-17,19-21,33H,7-9,18,22-23H2,1-6H3,(H,42,43). The Morgan fingerprint density at radius 2 is 1.69 bits per heavy atom. The Kier molecular flexibility index (Phi) is 10.2. The number of nitrogens with one attached hydrogen (secondary N) is 1. The van der Waals surface area contributed by atoms with Gasteiger partial charge < -0.3 is 19.4 Å². The first-order chi connectivity index (χ1) is 22.6. The summed E-state index contributed by atoms with van der Waals surface area (Å²) < 4.78 is 67.4. The van der Waals surface area contributed by atoms with Crippen LogP contribution < -0.4 is 10.1 Å². The van der Waals surface area contributed by atoms with Crippen molar-refractivity contribution in [3.63, 3.8) is 0 Å². The summed E-state index contributed by atoms with van der Waals surface area (Å²) in [6.07, 6.45) is -2.36. The van der Waals surface area contributed by atoms with E-state index in [0.29, 0.717) is 48.2 Å². The number of anilines is 1. The van der Waals surface area contributed by atoms with Crippen LogP contribution >= 0.6 is 0 Å². The minimum atomic E-state index is -4.46. The van der Waals surface area contributed by atoms with Crippen molar-refractivity contribution in [1.82, 2.24) is 9.88 Å². The van der Waals surface area contributed by atoms with Crippen LogP contribution in [0.15, 0.2) is 66.7 Å². The van der Waals surface area contributed by atoms with Crippen molar-refractivity contribution in [3.05, 3.63) is 100 Å². The molecule has 1 aliphatic rings. The van der Waals surface area contributed by atoms with Crippen LogP contribution in [0.5, 0.6) is 5.75 Å². The second-order valence-corrected chi connectivity index (χ2v) is 18.7. The average molecular weight is 682 g/mol. The first-order valence-electron chi connectivity index (χ1n) is 16.2. The highest BCUT2D eigenvalue weighted by atomic mass is 28.4. The number of hydrogen-bond acceptors (Lipinski definition) is 5. The highest BCUT2D eigenvalue weighted by molar-refractivity contribution is 6.74.